The van der Waals surface area contributed by atoms with E-state index in [4.69, 9.17) is 4.74 Å². The molecule has 0 spiro atoms. The molecule has 2 rings (SSSR count). The van der Waals surface area contributed by atoms with E-state index in [9.17, 15) is 0 Å². The number of hydrogen-bond donors (Lipinski definition) is 1. The first-order valence-corrected chi connectivity index (χ1v) is 5.75. The molecule has 0 aromatic carbocycles. The summed E-state index contributed by atoms with van der Waals surface area (Å²) in [6.07, 6.45) is 3.01. The normalized spacial score (nSPS) is 33.4. The number of ether oxygens (including phenoxy) is 1. The average Bonchev–Trinajstić information content (AvgIpc) is 2.54. The minimum Gasteiger partial charge on any atom is -0.377 e. The van der Waals surface area contributed by atoms with Crippen LogP contribution in [0, 0.1) is 0 Å². The third kappa shape index (κ3) is 2.69. The summed E-state index contributed by atoms with van der Waals surface area (Å²) < 4.78 is 5.66. The van der Waals surface area contributed by atoms with Gasteiger partial charge < -0.3 is 10.1 Å². The van der Waals surface area contributed by atoms with E-state index in [-0.39, 0.29) is 5.54 Å². The maximum Gasteiger partial charge on any atom is 0.0702 e. The topological polar surface area (TPSA) is 24.5 Å². The van der Waals surface area contributed by atoms with Gasteiger partial charge in [-0.3, -0.25) is 4.90 Å². The number of piperazine rings is 1. The van der Waals surface area contributed by atoms with E-state index >= 15 is 0 Å². The van der Waals surface area contributed by atoms with E-state index < -0.39 is 0 Å². The molecule has 0 aromatic heterocycles. The van der Waals surface area contributed by atoms with Crippen molar-refractivity contribution < 1.29 is 4.74 Å². The van der Waals surface area contributed by atoms with Gasteiger partial charge in [0.1, 0.15) is 0 Å². The highest BCUT2D eigenvalue weighted by Gasteiger charge is 2.28. The molecule has 1 atom stereocenters. The summed E-state index contributed by atoms with van der Waals surface area (Å²) in [5.74, 6) is 0. The van der Waals surface area contributed by atoms with Gasteiger partial charge >= 0.3 is 0 Å². The molecule has 3 nitrogen and oxygen atoms in total. The Morgan fingerprint density at radius 2 is 2.36 bits per heavy atom. The zero-order valence-electron chi connectivity index (χ0n) is 9.38. The van der Waals surface area contributed by atoms with Crippen molar-refractivity contribution in [2.45, 2.75) is 38.3 Å². The lowest BCUT2D eigenvalue weighted by Gasteiger charge is -2.39. The minimum absolute atomic E-state index is 0.275. The van der Waals surface area contributed by atoms with Crippen LogP contribution in [0.1, 0.15) is 26.7 Å². The van der Waals surface area contributed by atoms with Gasteiger partial charge in [0, 0.05) is 38.3 Å². The van der Waals surface area contributed by atoms with Crippen LogP contribution >= 0.6 is 0 Å². The van der Waals surface area contributed by atoms with Crippen molar-refractivity contribution in [1.82, 2.24) is 10.2 Å². The monoisotopic (exact) mass is 198 g/mol. The van der Waals surface area contributed by atoms with Gasteiger partial charge in [0.2, 0.25) is 0 Å². The molecule has 0 aliphatic carbocycles. The molecular weight excluding hydrogens is 176 g/mol. The van der Waals surface area contributed by atoms with Crippen molar-refractivity contribution in [3.63, 3.8) is 0 Å². The van der Waals surface area contributed by atoms with Crippen LogP contribution in [0.15, 0.2) is 0 Å². The molecule has 1 N–H and O–H groups in total. The Kier molecular flexibility index (Phi) is 3.10. The first kappa shape index (κ1) is 10.4. The fourth-order valence-electron chi connectivity index (χ4n) is 2.48. The van der Waals surface area contributed by atoms with Crippen LogP contribution in [0.4, 0.5) is 0 Å². The van der Waals surface area contributed by atoms with E-state index in [2.05, 4.69) is 24.1 Å². The molecule has 0 radical (unpaired) electrons. The smallest absolute Gasteiger partial charge is 0.0702 e. The average molecular weight is 198 g/mol. The van der Waals surface area contributed by atoms with Gasteiger partial charge in [0.15, 0.2) is 0 Å². The van der Waals surface area contributed by atoms with Crippen LogP contribution in [-0.4, -0.2) is 49.3 Å². The molecule has 0 aromatic rings. The van der Waals surface area contributed by atoms with E-state index in [1.165, 1.54) is 19.4 Å². The van der Waals surface area contributed by atoms with E-state index in [0.717, 1.165) is 26.2 Å². The second-order valence-corrected chi connectivity index (χ2v) is 5.18. The molecule has 2 heterocycles. The van der Waals surface area contributed by atoms with Gasteiger partial charge in [-0.25, -0.2) is 0 Å². The van der Waals surface area contributed by atoms with Crippen LogP contribution in [0.25, 0.3) is 0 Å². The van der Waals surface area contributed by atoms with Crippen molar-refractivity contribution in [2.75, 3.05) is 32.8 Å². The van der Waals surface area contributed by atoms with Gasteiger partial charge in [-0.1, -0.05) is 0 Å². The Morgan fingerprint density at radius 1 is 1.50 bits per heavy atom. The maximum absolute atomic E-state index is 5.66. The fraction of sp³-hybridized carbons (Fsp3) is 1.00. The Morgan fingerprint density at radius 3 is 3.00 bits per heavy atom. The van der Waals surface area contributed by atoms with Crippen LogP contribution in [0.5, 0.6) is 0 Å². The van der Waals surface area contributed by atoms with Crippen LogP contribution in [-0.2, 0) is 4.74 Å². The predicted octanol–water partition coefficient (Wildman–Crippen LogP) is 0.849. The SMILES string of the molecule is CC1(C)CN(CC2CCCO2)CCN1. The largest absolute Gasteiger partial charge is 0.377 e. The van der Waals surface area contributed by atoms with Crippen molar-refractivity contribution >= 4 is 0 Å². The molecule has 14 heavy (non-hydrogen) atoms. The molecule has 2 fully saturated rings. The Hall–Kier alpha value is -0.120. The zero-order valence-corrected chi connectivity index (χ0v) is 9.38. The van der Waals surface area contributed by atoms with Crippen molar-refractivity contribution in [3.8, 4) is 0 Å². The molecule has 0 bridgehead atoms. The number of nitrogens with one attached hydrogen (secondary N) is 1. The molecule has 82 valence electrons. The second-order valence-electron chi connectivity index (χ2n) is 5.18. The molecular formula is C11H22N2O. The van der Waals surface area contributed by atoms with E-state index in [1.807, 2.05) is 0 Å². The lowest BCUT2D eigenvalue weighted by Crippen LogP contribution is -2.58. The van der Waals surface area contributed by atoms with Gasteiger partial charge in [0.25, 0.3) is 0 Å². The van der Waals surface area contributed by atoms with Gasteiger partial charge in [-0.2, -0.15) is 0 Å². The van der Waals surface area contributed by atoms with Crippen molar-refractivity contribution in [1.29, 1.82) is 0 Å². The summed E-state index contributed by atoms with van der Waals surface area (Å²) in [5, 5.41) is 3.53. The summed E-state index contributed by atoms with van der Waals surface area (Å²) in [6, 6.07) is 0. The van der Waals surface area contributed by atoms with Gasteiger partial charge in [-0.05, 0) is 26.7 Å². The van der Waals surface area contributed by atoms with Crippen molar-refractivity contribution in [2.24, 2.45) is 0 Å². The fourth-order valence-corrected chi connectivity index (χ4v) is 2.48. The standard InChI is InChI=1S/C11H22N2O/c1-11(2)9-13(6-5-12-11)8-10-4-3-7-14-10/h10,12H,3-9H2,1-2H3. The minimum atomic E-state index is 0.275. The number of nitrogens with zero attached hydrogens (tertiary/aromatic N) is 1. The summed E-state index contributed by atoms with van der Waals surface area (Å²) in [4.78, 5) is 2.53. The first-order chi connectivity index (χ1) is 6.66. The zero-order chi connectivity index (χ0) is 10.0. The molecule has 0 saturated carbocycles. The predicted molar refractivity (Wildman–Crippen MR) is 57.5 cm³/mol. The first-order valence-electron chi connectivity index (χ1n) is 5.75. The molecule has 2 aliphatic heterocycles. The highest BCUT2D eigenvalue weighted by Crippen LogP contribution is 2.16. The lowest BCUT2D eigenvalue weighted by molar-refractivity contribution is 0.0531. The maximum atomic E-state index is 5.66. The second kappa shape index (κ2) is 4.17. The van der Waals surface area contributed by atoms with Crippen LogP contribution < -0.4 is 5.32 Å². The van der Waals surface area contributed by atoms with E-state index in [0.29, 0.717) is 6.10 Å². The number of rotatable bonds is 2. The summed E-state index contributed by atoms with van der Waals surface area (Å²) >= 11 is 0. The summed E-state index contributed by atoms with van der Waals surface area (Å²) in [7, 11) is 0. The van der Waals surface area contributed by atoms with Gasteiger partial charge in [0.05, 0.1) is 6.10 Å². The van der Waals surface area contributed by atoms with Crippen molar-refractivity contribution in [3.05, 3.63) is 0 Å². The molecule has 1 unspecified atom stereocenters. The van der Waals surface area contributed by atoms with Crippen LogP contribution in [0.2, 0.25) is 0 Å². The molecule has 2 aliphatic rings. The third-order valence-electron chi connectivity index (χ3n) is 3.14. The summed E-state index contributed by atoms with van der Waals surface area (Å²) in [5.41, 5.74) is 0.275. The lowest BCUT2D eigenvalue weighted by atomic mass is 10.0. The third-order valence-corrected chi connectivity index (χ3v) is 3.14. The van der Waals surface area contributed by atoms with E-state index in [1.54, 1.807) is 0 Å². The van der Waals surface area contributed by atoms with Crippen LogP contribution in [0.3, 0.4) is 0 Å². The highest BCUT2D eigenvalue weighted by molar-refractivity contribution is 4.87. The quantitative estimate of drug-likeness (QED) is 0.712. The molecule has 2 saturated heterocycles. The Balaban J connectivity index is 1.79. The Bertz CT molecular complexity index is 188. The summed E-state index contributed by atoms with van der Waals surface area (Å²) in [6.45, 7) is 10.1. The molecule has 3 heteroatoms. The molecule has 0 amide bonds. The van der Waals surface area contributed by atoms with Gasteiger partial charge in [-0.15, -0.1) is 0 Å². The number of hydrogen-bond acceptors (Lipinski definition) is 3. The Labute approximate surface area is 86.8 Å². The highest BCUT2D eigenvalue weighted by atomic mass is 16.5.